The zero-order chi connectivity index (χ0) is 13.9. The molecule has 0 saturated heterocycles. The van der Waals surface area contributed by atoms with Crippen molar-refractivity contribution in [2.24, 2.45) is 5.73 Å². The second-order valence-corrected chi connectivity index (χ2v) is 6.59. The highest BCUT2D eigenvalue weighted by Gasteiger charge is 2.21. The third kappa shape index (κ3) is 4.67. The molecule has 2 N–H and O–H groups in total. The zero-order valence-electron chi connectivity index (χ0n) is 11.5. The van der Waals surface area contributed by atoms with Gasteiger partial charge in [0.25, 0.3) is 0 Å². The van der Waals surface area contributed by atoms with E-state index in [2.05, 4.69) is 15.9 Å². The lowest BCUT2D eigenvalue weighted by molar-refractivity contribution is 0.255. The van der Waals surface area contributed by atoms with Crippen molar-refractivity contribution >= 4 is 15.9 Å². The van der Waals surface area contributed by atoms with Gasteiger partial charge in [-0.3, -0.25) is 0 Å². The van der Waals surface area contributed by atoms with Crippen LogP contribution in [0.25, 0.3) is 0 Å². The first kappa shape index (κ1) is 15.6. The largest absolute Gasteiger partial charge is 0.326 e. The Balaban J connectivity index is 2.94. The van der Waals surface area contributed by atoms with E-state index in [1.54, 1.807) is 6.07 Å². The fourth-order valence-corrected chi connectivity index (χ4v) is 2.35. The Labute approximate surface area is 117 Å². The highest BCUT2D eigenvalue weighted by molar-refractivity contribution is 9.10. The van der Waals surface area contributed by atoms with Gasteiger partial charge in [-0.25, -0.2) is 4.39 Å². The lowest BCUT2D eigenvalue weighted by atomic mass is 9.92. The van der Waals surface area contributed by atoms with Gasteiger partial charge in [-0.05, 0) is 59.0 Å². The maximum Gasteiger partial charge on any atom is 0.128 e. The van der Waals surface area contributed by atoms with E-state index in [0.29, 0.717) is 0 Å². The molecular weight excluding hydrogens is 295 g/mol. The fraction of sp³-hybridized carbons (Fsp3) is 0.571. The van der Waals surface area contributed by atoms with Gasteiger partial charge < -0.3 is 10.6 Å². The highest BCUT2D eigenvalue weighted by atomic mass is 79.9. The lowest BCUT2D eigenvalue weighted by Crippen LogP contribution is -2.33. The van der Waals surface area contributed by atoms with Gasteiger partial charge in [0.1, 0.15) is 5.82 Å². The van der Waals surface area contributed by atoms with Crippen molar-refractivity contribution in [2.75, 3.05) is 14.1 Å². The van der Waals surface area contributed by atoms with Crippen LogP contribution < -0.4 is 5.73 Å². The van der Waals surface area contributed by atoms with E-state index < -0.39 is 0 Å². The molecule has 0 spiro atoms. The van der Waals surface area contributed by atoms with Crippen molar-refractivity contribution in [3.63, 3.8) is 0 Å². The second-order valence-electron chi connectivity index (χ2n) is 5.67. The quantitative estimate of drug-likeness (QED) is 0.897. The Hall–Kier alpha value is -0.450. The molecule has 1 unspecified atom stereocenters. The summed E-state index contributed by atoms with van der Waals surface area (Å²) in [4.78, 5) is 2.04. The first-order valence-corrected chi connectivity index (χ1v) is 6.90. The van der Waals surface area contributed by atoms with Crippen LogP contribution in [-0.2, 0) is 0 Å². The fourth-order valence-electron chi connectivity index (χ4n) is 1.97. The zero-order valence-corrected chi connectivity index (χ0v) is 13.1. The summed E-state index contributed by atoms with van der Waals surface area (Å²) < 4.78 is 14.8. The monoisotopic (exact) mass is 316 g/mol. The van der Waals surface area contributed by atoms with E-state index in [0.717, 1.165) is 22.9 Å². The molecule has 0 fully saturated rings. The van der Waals surface area contributed by atoms with Crippen LogP contribution in [-0.4, -0.2) is 24.5 Å². The average Bonchev–Trinajstić information content (AvgIpc) is 2.21. The number of hydrogen-bond donors (Lipinski definition) is 1. The molecule has 0 amide bonds. The lowest BCUT2D eigenvalue weighted by Gasteiger charge is -2.28. The Morgan fingerprint density at radius 1 is 1.39 bits per heavy atom. The summed E-state index contributed by atoms with van der Waals surface area (Å²) in [6.45, 7) is 3.99. The second kappa shape index (κ2) is 6.13. The Bertz CT molecular complexity index is 399. The minimum Gasteiger partial charge on any atom is -0.326 e. The number of halogens is 2. The SMILES string of the molecule is CN(C)C(CCC(C)(C)N)c1cc(Br)ccc1F. The Kier molecular flexibility index (Phi) is 5.32. The number of nitrogens with zero attached hydrogens (tertiary/aromatic N) is 1. The molecule has 1 atom stereocenters. The number of benzene rings is 1. The summed E-state index contributed by atoms with van der Waals surface area (Å²) in [7, 11) is 3.93. The summed E-state index contributed by atoms with van der Waals surface area (Å²) in [5, 5.41) is 0. The van der Waals surface area contributed by atoms with E-state index in [1.165, 1.54) is 6.07 Å². The highest BCUT2D eigenvalue weighted by Crippen LogP contribution is 2.29. The van der Waals surface area contributed by atoms with Crippen LogP contribution in [0.1, 0.15) is 38.3 Å². The van der Waals surface area contributed by atoms with Crippen molar-refractivity contribution in [2.45, 2.75) is 38.3 Å². The predicted molar refractivity (Wildman–Crippen MR) is 78.0 cm³/mol. The van der Waals surface area contributed by atoms with Crippen LogP contribution >= 0.6 is 15.9 Å². The Morgan fingerprint density at radius 2 is 2.00 bits per heavy atom. The van der Waals surface area contributed by atoms with Gasteiger partial charge >= 0.3 is 0 Å². The minimum atomic E-state index is -0.225. The molecule has 0 aliphatic carbocycles. The summed E-state index contributed by atoms with van der Waals surface area (Å²) in [6, 6.07) is 5.12. The molecule has 1 rings (SSSR count). The summed E-state index contributed by atoms with van der Waals surface area (Å²) in [6.07, 6.45) is 1.69. The van der Waals surface area contributed by atoms with Crippen molar-refractivity contribution in [1.29, 1.82) is 0 Å². The van der Waals surface area contributed by atoms with Crippen molar-refractivity contribution < 1.29 is 4.39 Å². The van der Waals surface area contributed by atoms with Gasteiger partial charge in [-0.2, -0.15) is 0 Å². The molecular formula is C14H22BrFN2. The molecule has 0 saturated carbocycles. The molecule has 1 aromatic carbocycles. The van der Waals surface area contributed by atoms with Crippen molar-refractivity contribution in [3.05, 3.63) is 34.1 Å². The molecule has 0 aromatic heterocycles. The maximum absolute atomic E-state index is 13.9. The molecule has 0 heterocycles. The standard InChI is InChI=1S/C14H22BrFN2/c1-14(2,17)8-7-13(18(3)4)11-9-10(15)5-6-12(11)16/h5-6,9,13H,7-8,17H2,1-4H3. The molecule has 18 heavy (non-hydrogen) atoms. The number of hydrogen-bond acceptors (Lipinski definition) is 2. The molecule has 0 aliphatic rings. The molecule has 102 valence electrons. The van der Waals surface area contributed by atoms with E-state index in [1.807, 2.05) is 38.9 Å². The molecule has 0 aliphatic heterocycles. The number of nitrogens with two attached hydrogens (primary N) is 1. The van der Waals surface area contributed by atoms with Crippen molar-refractivity contribution in [1.82, 2.24) is 4.90 Å². The van der Waals surface area contributed by atoms with Gasteiger partial charge in [-0.15, -0.1) is 0 Å². The van der Waals surface area contributed by atoms with Gasteiger partial charge in [0.2, 0.25) is 0 Å². The summed E-state index contributed by atoms with van der Waals surface area (Å²) in [5.74, 6) is -0.160. The van der Waals surface area contributed by atoms with E-state index in [4.69, 9.17) is 5.73 Å². The molecule has 0 bridgehead atoms. The van der Waals surface area contributed by atoms with Crippen LogP contribution in [0.15, 0.2) is 22.7 Å². The van der Waals surface area contributed by atoms with Crippen molar-refractivity contribution in [3.8, 4) is 0 Å². The topological polar surface area (TPSA) is 29.3 Å². The van der Waals surface area contributed by atoms with E-state index >= 15 is 0 Å². The summed E-state index contributed by atoms with van der Waals surface area (Å²) in [5.41, 5.74) is 6.50. The molecule has 2 nitrogen and oxygen atoms in total. The average molecular weight is 317 g/mol. The van der Waals surface area contributed by atoms with Crippen LogP contribution in [0.3, 0.4) is 0 Å². The van der Waals surface area contributed by atoms with Crippen LogP contribution in [0, 0.1) is 5.82 Å². The van der Waals surface area contributed by atoms with Gasteiger partial charge in [0.15, 0.2) is 0 Å². The first-order chi connectivity index (χ1) is 8.20. The predicted octanol–water partition coefficient (Wildman–Crippen LogP) is 3.71. The molecule has 1 aromatic rings. The molecule has 4 heteroatoms. The number of rotatable bonds is 5. The normalized spacial score (nSPS) is 14.0. The minimum absolute atomic E-state index is 0.0466. The Morgan fingerprint density at radius 3 is 2.50 bits per heavy atom. The third-order valence-corrected chi connectivity index (χ3v) is 3.50. The van der Waals surface area contributed by atoms with E-state index in [-0.39, 0.29) is 17.4 Å². The van der Waals surface area contributed by atoms with Gasteiger partial charge in [0, 0.05) is 21.6 Å². The summed E-state index contributed by atoms with van der Waals surface area (Å²) >= 11 is 3.39. The van der Waals surface area contributed by atoms with Gasteiger partial charge in [-0.1, -0.05) is 15.9 Å². The smallest absolute Gasteiger partial charge is 0.128 e. The van der Waals surface area contributed by atoms with Gasteiger partial charge in [0.05, 0.1) is 0 Å². The maximum atomic E-state index is 13.9. The molecule has 0 radical (unpaired) electrons. The van der Waals surface area contributed by atoms with Crippen LogP contribution in [0.2, 0.25) is 0 Å². The van der Waals surface area contributed by atoms with Crippen LogP contribution in [0.5, 0.6) is 0 Å². The third-order valence-electron chi connectivity index (χ3n) is 3.00. The van der Waals surface area contributed by atoms with Crippen LogP contribution in [0.4, 0.5) is 4.39 Å². The first-order valence-electron chi connectivity index (χ1n) is 6.11. The van der Waals surface area contributed by atoms with E-state index in [9.17, 15) is 4.39 Å².